The van der Waals surface area contributed by atoms with Crippen molar-refractivity contribution in [1.82, 2.24) is 10.0 Å². The van der Waals surface area contributed by atoms with Gasteiger partial charge >= 0.3 is 5.97 Å². The highest BCUT2D eigenvalue weighted by Crippen LogP contribution is 2.65. The summed E-state index contributed by atoms with van der Waals surface area (Å²) in [6.45, 7) is 1.27. The summed E-state index contributed by atoms with van der Waals surface area (Å²) in [6, 6.07) is 17.4. The molecule has 3 fully saturated rings. The predicted molar refractivity (Wildman–Crippen MR) is 158 cm³/mol. The summed E-state index contributed by atoms with van der Waals surface area (Å²) < 4.78 is 5.41. The number of carbonyl (C=O) groups excluding carboxylic acids is 5. The fourth-order valence-electron chi connectivity index (χ4n) is 7.08. The molecule has 3 aromatic carbocycles. The molecule has 45 heavy (non-hydrogen) atoms. The number of carbonyl (C=O) groups is 5. The van der Waals surface area contributed by atoms with Gasteiger partial charge in [0.15, 0.2) is 5.78 Å². The van der Waals surface area contributed by atoms with Crippen molar-refractivity contribution in [3.8, 4) is 5.75 Å². The first-order valence-corrected chi connectivity index (χ1v) is 14.7. The van der Waals surface area contributed by atoms with Crippen molar-refractivity contribution in [3.63, 3.8) is 0 Å². The zero-order valence-corrected chi connectivity index (χ0v) is 24.1. The highest BCUT2D eigenvalue weighted by atomic mass is 16.6. The molecule has 2 bridgehead atoms. The SMILES string of the molecule is Cc1ccc(C(=O)Oc2ccc(C(=O)CN(C(=O)c3ccc([N+](=O)[O-])cc3)N3C(=O)[C@@H]4[C@H]5C=C[C@@H]([C@@H]6C[C@H]56)[C@H]4C3=O)cc2)cc1. The van der Waals surface area contributed by atoms with Crippen LogP contribution in [-0.4, -0.2) is 51.0 Å². The van der Waals surface area contributed by atoms with E-state index in [-0.39, 0.29) is 34.4 Å². The van der Waals surface area contributed by atoms with Gasteiger partial charge in [-0.2, -0.15) is 5.01 Å². The van der Waals surface area contributed by atoms with Gasteiger partial charge in [-0.15, -0.1) is 0 Å². The molecule has 11 heteroatoms. The van der Waals surface area contributed by atoms with Crippen LogP contribution in [0.5, 0.6) is 5.75 Å². The van der Waals surface area contributed by atoms with E-state index in [0.29, 0.717) is 17.4 Å². The van der Waals surface area contributed by atoms with Gasteiger partial charge in [-0.25, -0.2) is 9.80 Å². The smallest absolute Gasteiger partial charge is 0.343 e. The molecule has 3 amide bonds. The Kier molecular flexibility index (Phi) is 6.68. The molecule has 0 N–H and O–H groups in total. The van der Waals surface area contributed by atoms with Crippen LogP contribution in [0.2, 0.25) is 0 Å². The molecule has 11 nitrogen and oxygen atoms in total. The molecule has 1 heterocycles. The number of allylic oxidation sites excluding steroid dienone is 2. The van der Waals surface area contributed by atoms with Crippen molar-refractivity contribution >= 4 is 35.2 Å². The number of aryl methyl sites for hydroxylation is 1. The summed E-state index contributed by atoms with van der Waals surface area (Å²) in [7, 11) is 0. The molecule has 5 aliphatic rings. The topological polar surface area (TPSA) is 144 Å². The highest BCUT2D eigenvalue weighted by Gasteiger charge is 2.68. The molecule has 0 unspecified atom stereocenters. The Morgan fingerprint density at radius 2 is 1.36 bits per heavy atom. The molecule has 6 atom stereocenters. The van der Waals surface area contributed by atoms with Gasteiger partial charge < -0.3 is 4.74 Å². The maximum absolute atomic E-state index is 13.9. The number of amides is 3. The molecule has 0 aromatic heterocycles. The summed E-state index contributed by atoms with van der Waals surface area (Å²) in [5, 5.41) is 12.8. The number of rotatable bonds is 8. The van der Waals surface area contributed by atoms with Gasteiger partial charge in [0.2, 0.25) is 0 Å². The number of hydrazine groups is 1. The van der Waals surface area contributed by atoms with Crippen molar-refractivity contribution in [3.05, 3.63) is 117 Å². The Morgan fingerprint density at radius 3 is 1.91 bits per heavy atom. The van der Waals surface area contributed by atoms with Gasteiger partial charge in [0.05, 0.1) is 22.3 Å². The maximum Gasteiger partial charge on any atom is 0.343 e. The monoisotopic (exact) mass is 605 g/mol. The summed E-state index contributed by atoms with van der Waals surface area (Å²) in [5.41, 5.74) is 1.26. The molecular weight excluding hydrogens is 578 g/mol. The van der Waals surface area contributed by atoms with Crippen molar-refractivity contribution < 1.29 is 33.6 Å². The number of benzene rings is 3. The molecule has 3 aromatic rings. The Morgan fingerprint density at radius 1 is 0.822 bits per heavy atom. The fraction of sp³-hybridized carbons (Fsp3) is 0.265. The number of imide groups is 1. The lowest BCUT2D eigenvalue weighted by atomic mass is 9.63. The zero-order chi connectivity index (χ0) is 31.6. The second kappa shape index (κ2) is 10.6. The zero-order valence-electron chi connectivity index (χ0n) is 24.1. The Bertz CT molecular complexity index is 1760. The van der Waals surface area contributed by atoms with Crippen LogP contribution in [0.4, 0.5) is 5.69 Å². The molecule has 1 aliphatic heterocycles. The van der Waals surface area contributed by atoms with Gasteiger partial charge in [-0.1, -0.05) is 29.8 Å². The Labute approximate surface area is 257 Å². The van der Waals surface area contributed by atoms with Crippen molar-refractivity contribution in [2.45, 2.75) is 13.3 Å². The van der Waals surface area contributed by atoms with E-state index in [1.807, 2.05) is 19.1 Å². The third-order valence-corrected chi connectivity index (χ3v) is 9.41. The summed E-state index contributed by atoms with van der Waals surface area (Å²) >= 11 is 0. The highest BCUT2D eigenvalue weighted by molar-refractivity contribution is 6.10. The van der Waals surface area contributed by atoms with Crippen LogP contribution in [-0.2, 0) is 9.59 Å². The van der Waals surface area contributed by atoms with E-state index in [2.05, 4.69) is 0 Å². The van der Waals surface area contributed by atoms with E-state index in [1.54, 1.807) is 24.3 Å². The van der Waals surface area contributed by atoms with Crippen molar-refractivity contribution in [1.29, 1.82) is 0 Å². The Hall–Kier alpha value is -5.45. The van der Waals surface area contributed by atoms with Crippen molar-refractivity contribution in [2.75, 3.05) is 6.54 Å². The molecular formula is C34H27N3O8. The molecule has 4 aliphatic carbocycles. The van der Waals surface area contributed by atoms with Crippen LogP contribution >= 0.6 is 0 Å². The second-order valence-corrected chi connectivity index (χ2v) is 12.0. The van der Waals surface area contributed by atoms with Crippen LogP contribution in [0.25, 0.3) is 0 Å². The first-order chi connectivity index (χ1) is 21.6. The number of nitrogens with zero attached hydrogens (tertiary/aromatic N) is 3. The normalized spacial score (nSPS) is 25.4. The maximum atomic E-state index is 13.9. The molecule has 8 rings (SSSR count). The number of esters is 1. The van der Waals surface area contributed by atoms with Crippen LogP contribution in [0.15, 0.2) is 84.9 Å². The van der Waals surface area contributed by atoms with Crippen LogP contribution in [0.1, 0.15) is 43.1 Å². The first kappa shape index (κ1) is 28.3. The Balaban J connectivity index is 1.14. The molecule has 1 saturated heterocycles. The van der Waals surface area contributed by atoms with E-state index in [1.165, 1.54) is 36.4 Å². The van der Waals surface area contributed by atoms with E-state index in [4.69, 9.17) is 4.74 Å². The van der Waals surface area contributed by atoms with Gasteiger partial charge in [-0.3, -0.25) is 29.3 Å². The predicted octanol–water partition coefficient (Wildman–Crippen LogP) is 4.42. The number of nitro benzene ring substituents is 1. The van der Waals surface area contributed by atoms with E-state index >= 15 is 0 Å². The quantitative estimate of drug-likeness (QED) is 0.0698. The number of hydrogen-bond donors (Lipinski definition) is 0. The van der Waals surface area contributed by atoms with E-state index < -0.39 is 52.8 Å². The van der Waals surface area contributed by atoms with Gasteiger partial charge in [0.1, 0.15) is 12.3 Å². The molecule has 0 spiro atoms. The van der Waals surface area contributed by atoms with Crippen LogP contribution in [0, 0.1) is 52.5 Å². The second-order valence-electron chi connectivity index (χ2n) is 12.0. The lowest BCUT2D eigenvalue weighted by molar-refractivity contribution is -0.384. The summed E-state index contributed by atoms with van der Waals surface area (Å²) in [4.78, 5) is 78.2. The lowest BCUT2D eigenvalue weighted by Gasteiger charge is -2.37. The van der Waals surface area contributed by atoms with Gasteiger partial charge in [-0.05, 0) is 85.5 Å². The minimum absolute atomic E-state index is 0.0221. The van der Waals surface area contributed by atoms with Crippen molar-refractivity contribution in [2.24, 2.45) is 35.5 Å². The number of hydrogen-bond acceptors (Lipinski definition) is 8. The van der Waals surface area contributed by atoms with E-state index in [9.17, 15) is 34.1 Å². The number of non-ortho nitro benzene ring substituents is 1. The van der Waals surface area contributed by atoms with Gasteiger partial charge in [0.25, 0.3) is 23.4 Å². The van der Waals surface area contributed by atoms with E-state index in [0.717, 1.165) is 34.1 Å². The summed E-state index contributed by atoms with van der Waals surface area (Å²) in [5.74, 6) is -3.46. The minimum atomic E-state index is -0.812. The molecule has 0 radical (unpaired) electrons. The fourth-order valence-corrected chi connectivity index (χ4v) is 7.08. The first-order valence-electron chi connectivity index (χ1n) is 14.7. The van der Waals surface area contributed by atoms with Crippen LogP contribution in [0.3, 0.4) is 0 Å². The summed E-state index contributed by atoms with van der Waals surface area (Å²) in [6.07, 6.45) is 4.99. The van der Waals surface area contributed by atoms with Crippen LogP contribution < -0.4 is 4.74 Å². The third kappa shape index (κ3) is 4.80. The largest absolute Gasteiger partial charge is 0.423 e. The average molecular weight is 606 g/mol. The standard InChI is InChI=1S/C34H27N3O8/c1-18-2-4-21(5-3-18)34(42)45-23-12-8-19(9-13-23)28(38)17-35(31(39)20-6-10-22(11-7-20)37(43)44)36-32(40)29-24-14-15-25(27-16-26(24)27)30(29)33(36)41/h2-15,24-27,29-30H,16-17H2,1H3/t24-,25-,26-,27+,29+,30+/m0/s1. The molecule has 2 saturated carbocycles. The van der Waals surface area contributed by atoms with Gasteiger partial charge in [0, 0.05) is 23.3 Å². The number of ether oxygens (including phenoxy) is 1. The molecule has 226 valence electrons. The number of nitro groups is 1. The lowest BCUT2D eigenvalue weighted by Crippen LogP contribution is -2.52. The number of Topliss-reactive ketones (excluding diaryl/α,β-unsaturated/α-hetero) is 1. The minimum Gasteiger partial charge on any atom is -0.423 e. The average Bonchev–Trinajstić information content (AvgIpc) is 3.83. The number of ketones is 1. The third-order valence-electron chi connectivity index (χ3n) is 9.41.